The molecule has 0 amide bonds. The van der Waals surface area contributed by atoms with Crippen molar-refractivity contribution in [2.75, 3.05) is 14.2 Å². The Morgan fingerprint density at radius 3 is 2.00 bits per heavy atom. The van der Waals surface area contributed by atoms with E-state index in [1.807, 2.05) is 6.92 Å². The Labute approximate surface area is 92.8 Å². The summed E-state index contributed by atoms with van der Waals surface area (Å²) in [5.74, 6) is -0.405. The maximum absolute atomic E-state index is 11.2. The summed E-state index contributed by atoms with van der Waals surface area (Å²) in [7, 11) is 2.79. The van der Waals surface area contributed by atoms with E-state index in [0.717, 1.165) is 0 Å². The van der Waals surface area contributed by atoms with E-state index in [4.69, 9.17) is 14.2 Å². The molecule has 1 rings (SSSR count). The van der Waals surface area contributed by atoms with Gasteiger partial charge in [-0.2, -0.15) is 0 Å². The van der Waals surface area contributed by atoms with E-state index in [1.54, 1.807) is 0 Å². The van der Waals surface area contributed by atoms with Crippen LogP contribution in [-0.2, 0) is 4.79 Å². The fraction of sp³-hybridized carbons (Fsp3) is 0.556. The van der Waals surface area contributed by atoms with Gasteiger partial charge in [0.15, 0.2) is 0 Å². The molecule has 0 aromatic carbocycles. The molecule has 0 spiro atoms. The van der Waals surface area contributed by atoms with E-state index in [2.05, 4.69) is 15.0 Å². The van der Waals surface area contributed by atoms with Gasteiger partial charge in [-0.1, -0.05) is 6.92 Å². The lowest BCUT2D eigenvalue weighted by molar-refractivity contribution is -0.135. The number of hydrogen-bond acceptors (Lipinski definition) is 7. The van der Waals surface area contributed by atoms with Crippen molar-refractivity contribution in [1.29, 1.82) is 0 Å². The third kappa shape index (κ3) is 3.34. The molecule has 0 saturated carbocycles. The molecule has 0 atom stereocenters. The number of methoxy groups -OCH3 is 2. The van der Waals surface area contributed by atoms with Crippen molar-refractivity contribution >= 4 is 5.97 Å². The lowest BCUT2D eigenvalue weighted by Gasteiger charge is -2.04. The highest BCUT2D eigenvalue weighted by atomic mass is 16.6. The van der Waals surface area contributed by atoms with Gasteiger partial charge in [0.05, 0.1) is 14.2 Å². The number of hydrogen-bond donors (Lipinski definition) is 0. The van der Waals surface area contributed by atoms with Crippen LogP contribution >= 0.6 is 0 Å². The number of carbonyl (C=O) groups is 1. The average molecular weight is 227 g/mol. The number of nitrogens with zero attached hydrogens (tertiary/aromatic N) is 3. The second kappa shape index (κ2) is 5.84. The van der Waals surface area contributed by atoms with Crippen LogP contribution in [0.5, 0.6) is 18.0 Å². The first kappa shape index (κ1) is 12.2. The van der Waals surface area contributed by atoms with Gasteiger partial charge in [0.1, 0.15) is 0 Å². The standard InChI is InChI=1S/C9H13N3O4/c1-4-5-6(13)16-9-11-7(14-2)10-8(12-9)15-3/h4-5H2,1-3H3. The largest absolute Gasteiger partial charge is 0.467 e. The third-order valence-electron chi connectivity index (χ3n) is 1.60. The smallest absolute Gasteiger partial charge is 0.333 e. The molecule has 16 heavy (non-hydrogen) atoms. The van der Waals surface area contributed by atoms with Crippen LogP contribution in [0, 0.1) is 0 Å². The van der Waals surface area contributed by atoms with Gasteiger partial charge in [-0.25, -0.2) is 0 Å². The molecule has 1 aromatic rings. The summed E-state index contributed by atoms with van der Waals surface area (Å²) in [6, 6.07) is -0.0561. The van der Waals surface area contributed by atoms with Crippen LogP contribution in [0.1, 0.15) is 19.8 Å². The second-order valence-electron chi connectivity index (χ2n) is 2.82. The van der Waals surface area contributed by atoms with Crippen molar-refractivity contribution in [2.24, 2.45) is 0 Å². The summed E-state index contributed by atoms with van der Waals surface area (Å²) in [6.45, 7) is 1.87. The molecule has 0 bridgehead atoms. The zero-order valence-corrected chi connectivity index (χ0v) is 9.39. The molecule has 0 saturated heterocycles. The van der Waals surface area contributed by atoms with Crippen molar-refractivity contribution in [2.45, 2.75) is 19.8 Å². The fourth-order valence-corrected chi connectivity index (χ4v) is 0.906. The molecule has 0 aliphatic carbocycles. The maximum atomic E-state index is 11.2. The van der Waals surface area contributed by atoms with Gasteiger partial charge >= 0.3 is 24.0 Å². The summed E-state index contributed by atoms with van der Waals surface area (Å²) in [5.41, 5.74) is 0. The quantitative estimate of drug-likeness (QED) is 0.681. The summed E-state index contributed by atoms with van der Waals surface area (Å²) in [6.07, 6.45) is 0.995. The van der Waals surface area contributed by atoms with Crippen LogP contribution in [0.4, 0.5) is 0 Å². The van der Waals surface area contributed by atoms with Gasteiger partial charge < -0.3 is 14.2 Å². The average Bonchev–Trinajstić information content (AvgIpc) is 2.28. The Bertz CT molecular complexity index is 348. The maximum Gasteiger partial charge on any atom is 0.333 e. The first-order chi connectivity index (χ1) is 7.69. The predicted octanol–water partition coefficient (Wildman–Crippen LogP) is 0.594. The Morgan fingerprint density at radius 1 is 1.06 bits per heavy atom. The molecule has 0 aliphatic rings. The highest BCUT2D eigenvalue weighted by Gasteiger charge is 2.11. The van der Waals surface area contributed by atoms with Crippen LogP contribution < -0.4 is 14.2 Å². The molecular formula is C9H13N3O4. The fourth-order valence-electron chi connectivity index (χ4n) is 0.906. The van der Waals surface area contributed by atoms with Gasteiger partial charge in [0.25, 0.3) is 0 Å². The molecule has 0 fully saturated rings. The molecule has 1 aromatic heterocycles. The molecule has 88 valence electrons. The number of rotatable bonds is 5. The molecule has 0 aliphatic heterocycles. The summed E-state index contributed by atoms with van der Waals surface area (Å²) >= 11 is 0. The minimum absolute atomic E-state index is 0.0335. The van der Waals surface area contributed by atoms with E-state index in [-0.39, 0.29) is 18.0 Å². The highest BCUT2D eigenvalue weighted by Crippen LogP contribution is 2.14. The van der Waals surface area contributed by atoms with Crippen molar-refractivity contribution in [1.82, 2.24) is 15.0 Å². The van der Waals surface area contributed by atoms with Crippen LogP contribution in [0.2, 0.25) is 0 Å². The Morgan fingerprint density at radius 2 is 1.56 bits per heavy atom. The molecule has 0 radical (unpaired) electrons. The SMILES string of the molecule is CCCC(=O)Oc1nc(OC)nc(OC)n1. The Hall–Kier alpha value is -1.92. The Balaban J connectivity index is 2.82. The summed E-state index contributed by atoms with van der Waals surface area (Å²) in [4.78, 5) is 22.5. The van der Waals surface area contributed by atoms with Crippen molar-refractivity contribution < 1.29 is 19.0 Å². The predicted molar refractivity (Wildman–Crippen MR) is 53.5 cm³/mol. The number of esters is 1. The third-order valence-corrected chi connectivity index (χ3v) is 1.60. The van der Waals surface area contributed by atoms with Crippen molar-refractivity contribution in [3.05, 3.63) is 0 Å². The second-order valence-corrected chi connectivity index (χ2v) is 2.82. The van der Waals surface area contributed by atoms with E-state index < -0.39 is 5.97 Å². The summed E-state index contributed by atoms with van der Waals surface area (Å²) in [5, 5.41) is 0. The molecule has 7 nitrogen and oxygen atoms in total. The van der Waals surface area contributed by atoms with Crippen LogP contribution in [-0.4, -0.2) is 35.1 Å². The first-order valence-corrected chi connectivity index (χ1v) is 4.74. The number of carbonyl (C=O) groups excluding carboxylic acids is 1. The lowest BCUT2D eigenvalue weighted by atomic mass is 10.3. The zero-order valence-electron chi connectivity index (χ0n) is 9.39. The van der Waals surface area contributed by atoms with Gasteiger partial charge in [0.2, 0.25) is 0 Å². The summed E-state index contributed by atoms with van der Waals surface area (Å²) < 4.78 is 14.5. The molecule has 7 heteroatoms. The van der Waals surface area contributed by atoms with Gasteiger partial charge in [0, 0.05) is 6.42 Å². The van der Waals surface area contributed by atoms with Crippen molar-refractivity contribution in [3.8, 4) is 18.0 Å². The minimum atomic E-state index is -0.405. The van der Waals surface area contributed by atoms with E-state index in [9.17, 15) is 4.79 Å². The van der Waals surface area contributed by atoms with Gasteiger partial charge in [-0.3, -0.25) is 4.79 Å². The molecular weight excluding hydrogens is 214 g/mol. The molecule has 0 N–H and O–H groups in total. The van der Waals surface area contributed by atoms with E-state index >= 15 is 0 Å². The minimum Gasteiger partial charge on any atom is -0.467 e. The van der Waals surface area contributed by atoms with Crippen LogP contribution in [0.15, 0.2) is 0 Å². The van der Waals surface area contributed by atoms with Gasteiger partial charge in [-0.15, -0.1) is 15.0 Å². The number of aromatic nitrogens is 3. The Kier molecular flexibility index (Phi) is 4.43. The van der Waals surface area contributed by atoms with E-state index in [1.165, 1.54) is 14.2 Å². The first-order valence-electron chi connectivity index (χ1n) is 4.74. The highest BCUT2D eigenvalue weighted by molar-refractivity contribution is 5.71. The van der Waals surface area contributed by atoms with Crippen LogP contribution in [0.25, 0.3) is 0 Å². The van der Waals surface area contributed by atoms with Crippen molar-refractivity contribution in [3.63, 3.8) is 0 Å². The lowest BCUT2D eigenvalue weighted by Crippen LogP contribution is -2.11. The van der Waals surface area contributed by atoms with Gasteiger partial charge in [-0.05, 0) is 6.42 Å². The zero-order chi connectivity index (χ0) is 12.0. The molecule has 0 unspecified atom stereocenters. The topological polar surface area (TPSA) is 83.4 Å². The van der Waals surface area contributed by atoms with Crippen LogP contribution in [0.3, 0.4) is 0 Å². The monoisotopic (exact) mass is 227 g/mol. The van der Waals surface area contributed by atoms with E-state index in [0.29, 0.717) is 12.8 Å². The normalized spacial score (nSPS) is 9.69. The number of ether oxygens (including phenoxy) is 3. The molecule has 1 heterocycles.